The van der Waals surface area contributed by atoms with Crippen molar-refractivity contribution < 1.29 is 31.5 Å². The Balaban J connectivity index is 1.58. The van der Waals surface area contributed by atoms with E-state index in [1.807, 2.05) is 0 Å². The molecule has 0 radical (unpaired) electrons. The zero-order chi connectivity index (χ0) is 24.0. The predicted octanol–water partition coefficient (Wildman–Crippen LogP) is 4.05. The first-order valence-corrected chi connectivity index (χ1v) is 12.3. The van der Waals surface area contributed by atoms with Crippen molar-refractivity contribution in [2.45, 2.75) is 38.0 Å². The summed E-state index contributed by atoms with van der Waals surface area (Å²) in [6.07, 6.45) is 0. The van der Waals surface area contributed by atoms with Gasteiger partial charge in [-0.2, -0.15) is 4.72 Å². The molecule has 33 heavy (non-hydrogen) atoms. The summed E-state index contributed by atoms with van der Waals surface area (Å²) < 4.78 is 65.0. The number of nitrogens with one attached hydrogen (secondary N) is 1. The van der Waals surface area contributed by atoms with Crippen LogP contribution in [0.5, 0.6) is 5.75 Å². The fraction of sp³-hybridized carbons (Fsp3) is 0.273. The molecule has 0 fully saturated rings. The third kappa shape index (κ3) is 6.80. The van der Waals surface area contributed by atoms with Gasteiger partial charge in [0.1, 0.15) is 46.5 Å². The van der Waals surface area contributed by atoms with E-state index in [2.05, 4.69) is 9.71 Å². The van der Waals surface area contributed by atoms with Gasteiger partial charge in [-0.3, -0.25) is 4.79 Å². The van der Waals surface area contributed by atoms with Crippen LogP contribution in [-0.2, 0) is 32.8 Å². The molecule has 1 N–H and O–H groups in total. The molecule has 0 aliphatic carbocycles. The number of nitrogens with zero attached hydrogens (tertiary/aromatic N) is 1. The molecule has 3 aromatic rings. The fourth-order valence-electron chi connectivity index (χ4n) is 2.74. The second kappa shape index (κ2) is 10.8. The van der Waals surface area contributed by atoms with Crippen LogP contribution in [-0.4, -0.2) is 25.4 Å². The molecule has 176 valence electrons. The standard InChI is InChI=1S/C22H22F2N2O5S2/c1-14(2)21(26-33(28,29)19-6-4-3-5-18(19)24)22(27)31-11-16-13-32-20(25-16)12-30-17-9-7-15(23)8-10-17/h3-10,13-14,21,26H,11-12H2,1-2H3/t21-/m0/s1. The van der Waals surface area contributed by atoms with Gasteiger partial charge in [0.15, 0.2) is 0 Å². The maximum absolute atomic E-state index is 13.9. The minimum Gasteiger partial charge on any atom is -0.486 e. The minimum absolute atomic E-state index is 0.154. The number of hydrogen-bond acceptors (Lipinski definition) is 7. The van der Waals surface area contributed by atoms with Crippen molar-refractivity contribution in [2.24, 2.45) is 5.92 Å². The number of carbonyl (C=O) groups is 1. The molecule has 3 rings (SSSR count). The highest BCUT2D eigenvalue weighted by Gasteiger charge is 2.31. The number of carbonyl (C=O) groups excluding carboxylic acids is 1. The Hall–Kier alpha value is -2.89. The summed E-state index contributed by atoms with van der Waals surface area (Å²) >= 11 is 1.29. The quantitative estimate of drug-likeness (QED) is 0.426. The van der Waals surface area contributed by atoms with E-state index in [0.29, 0.717) is 16.5 Å². The van der Waals surface area contributed by atoms with Gasteiger partial charge in [-0.25, -0.2) is 22.2 Å². The first-order chi connectivity index (χ1) is 15.7. The molecule has 2 aromatic carbocycles. The Kier molecular flexibility index (Phi) is 8.11. The fourth-order valence-corrected chi connectivity index (χ4v) is 4.84. The summed E-state index contributed by atoms with van der Waals surface area (Å²) in [5, 5.41) is 2.30. The first kappa shape index (κ1) is 24.7. The second-order valence-electron chi connectivity index (χ2n) is 7.36. The summed E-state index contributed by atoms with van der Waals surface area (Å²) in [5.41, 5.74) is 0.463. The first-order valence-electron chi connectivity index (χ1n) is 9.91. The Morgan fingerprint density at radius 3 is 2.45 bits per heavy atom. The van der Waals surface area contributed by atoms with Crippen molar-refractivity contribution in [3.05, 3.63) is 76.2 Å². The van der Waals surface area contributed by atoms with Crippen LogP contribution in [0.15, 0.2) is 58.8 Å². The third-order valence-corrected chi connectivity index (χ3v) is 6.81. The number of benzene rings is 2. The van der Waals surface area contributed by atoms with Gasteiger partial charge < -0.3 is 9.47 Å². The van der Waals surface area contributed by atoms with Gasteiger partial charge in [0, 0.05) is 5.38 Å². The van der Waals surface area contributed by atoms with Crippen LogP contribution in [0.1, 0.15) is 24.5 Å². The van der Waals surface area contributed by atoms with Gasteiger partial charge in [0.2, 0.25) is 10.0 Å². The summed E-state index contributed by atoms with van der Waals surface area (Å²) in [5.74, 6) is -2.05. The minimum atomic E-state index is -4.27. The summed E-state index contributed by atoms with van der Waals surface area (Å²) in [4.78, 5) is 16.3. The van der Waals surface area contributed by atoms with Crippen molar-refractivity contribution in [1.29, 1.82) is 0 Å². The monoisotopic (exact) mass is 496 g/mol. The number of ether oxygens (including phenoxy) is 2. The lowest BCUT2D eigenvalue weighted by molar-refractivity contribution is -0.148. The molecule has 0 bridgehead atoms. The van der Waals surface area contributed by atoms with E-state index in [4.69, 9.17) is 9.47 Å². The molecule has 0 amide bonds. The van der Waals surface area contributed by atoms with Gasteiger partial charge >= 0.3 is 5.97 Å². The van der Waals surface area contributed by atoms with E-state index in [1.54, 1.807) is 19.2 Å². The molecule has 0 spiro atoms. The number of hydrogen-bond donors (Lipinski definition) is 1. The predicted molar refractivity (Wildman–Crippen MR) is 118 cm³/mol. The normalized spacial score (nSPS) is 12.5. The van der Waals surface area contributed by atoms with E-state index in [0.717, 1.165) is 12.1 Å². The highest BCUT2D eigenvalue weighted by molar-refractivity contribution is 7.89. The van der Waals surface area contributed by atoms with Gasteiger partial charge in [-0.1, -0.05) is 26.0 Å². The Labute approximate surface area is 194 Å². The second-order valence-corrected chi connectivity index (χ2v) is 9.98. The lowest BCUT2D eigenvalue weighted by Gasteiger charge is -2.20. The Morgan fingerprint density at radius 1 is 1.09 bits per heavy atom. The molecule has 0 aliphatic rings. The number of esters is 1. The highest BCUT2D eigenvalue weighted by atomic mass is 32.2. The van der Waals surface area contributed by atoms with Crippen LogP contribution in [0.2, 0.25) is 0 Å². The lowest BCUT2D eigenvalue weighted by Crippen LogP contribution is -2.45. The lowest BCUT2D eigenvalue weighted by atomic mass is 10.1. The average Bonchev–Trinajstić information content (AvgIpc) is 3.23. The number of halogens is 2. The summed E-state index contributed by atoms with van der Waals surface area (Å²) in [6.45, 7) is 3.27. The van der Waals surface area contributed by atoms with Crippen molar-refractivity contribution in [2.75, 3.05) is 0 Å². The molecule has 1 aromatic heterocycles. The van der Waals surface area contributed by atoms with Gasteiger partial charge in [0.25, 0.3) is 0 Å². The molecule has 1 atom stereocenters. The number of aromatic nitrogens is 1. The van der Waals surface area contributed by atoms with E-state index < -0.39 is 38.7 Å². The average molecular weight is 497 g/mol. The summed E-state index contributed by atoms with van der Waals surface area (Å²) in [6, 6.07) is 9.26. The molecule has 0 saturated heterocycles. The maximum atomic E-state index is 13.9. The number of thiazole rings is 1. The highest BCUT2D eigenvalue weighted by Crippen LogP contribution is 2.18. The molecule has 1 heterocycles. The van der Waals surface area contributed by atoms with Crippen LogP contribution in [0, 0.1) is 17.6 Å². The largest absolute Gasteiger partial charge is 0.486 e. The number of rotatable bonds is 10. The topological polar surface area (TPSA) is 94.6 Å². The molecule has 0 unspecified atom stereocenters. The van der Waals surface area contributed by atoms with Crippen LogP contribution in [0.4, 0.5) is 8.78 Å². The molecule has 11 heteroatoms. The van der Waals surface area contributed by atoms with Crippen LogP contribution >= 0.6 is 11.3 Å². The van der Waals surface area contributed by atoms with Crippen molar-refractivity contribution >= 4 is 27.3 Å². The molecule has 0 aliphatic heterocycles. The Morgan fingerprint density at radius 2 is 1.79 bits per heavy atom. The van der Waals surface area contributed by atoms with E-state index in [-0.39, 0.29) is 19.0 Å². The summed E-state index contributed by atoms with van der Waals surface area (Å²) in [7, 11) is -4.27. The van der Waals surface area contributed by atoms with E-state index in [1.165, 1.54) is 47.7 Å². The number of sulfonamides is 1. The molecular weight excluding hydrogens is 474 g/mol. The smallest absolute Gasteiger partial charge is 0.324 e. The van der Waals surface area contributed by atoms with Crippen LogP contribution in [0.3, 0.4) is 0 Å². The SMILES string of the molecule is CC(C)[C@H](NS(=O)(=O)c1ccccc1F)C(=O)OCc1csc(COc2ccc(F)cc2)n1. The van der Waals surface area contributed by atoms with Crippen molar-refractivity contribution in [3.63, 3.8) is 0 Å². The van der Waals surface area contributed by atoms with E-state index >= 15 is 0 Å². The zero-order valence-corrected chi connectivity index (χ0v) is 19.5. The van der Waals surface area contributed by atoms with Crippen LogP contribution < -0.4 is 9.46 Å². The molecule has 7 nitrogen and oxygen atoms in total. The van der Waals surface area contributed by atoms with E-state index in [9.17, 15) is 22.0 Å². The van der Waals surface area contributed by atoms with Gasteiger partial charge in [-0.15, -0.1) is 11.3 Å². The third-order valence-electron chi connectivity index (χ3n) is 4.47. The van der Waals surface area contributed by atoms with Crippen LogP contribution in [0.25, 0.3) is 0 Å². The molecular formula is C22H22F2N2O5S2. The van der Waals surface area contributed by atoms with Crippen molar-refractivity contribution in [1.82, 2.24) is 9.71 Å². The maximum Gasteiger partial charge on any atom is 0.324 e. The Bertz CT molecular complexity index is 1200. The van der Waals surface area contributed by atoms with Crippen molar-refractivity contribution in [3.8, 4) is 5.75 Å². The zero-order valence-electron chi connectivity index (χ0n) is 17.8. The van der Waals surface area contributed by atoms with Gasteiger partial charge in [-0.05, 0) is 42.3 Å². The van der Waals surface area contributed by atoms with Gasteiger partial charge in [0.05, 0.1) is 5.69 Å². The molecule has 0 saturated carbocycles.